The van der Waals surface area contributed by atoms with Gasteiger partial charge in [0.25, 0.3) is 11.6 Å². The molecule has 0 saturated carbocycles. The quantitative estimate of drug-likeness (QED) is 0.623. The number of pyridine rings is 1. The largest absolute Gasteiger partial charge is 0.453 e. The first kappa shape index (κ1) is 22.9. The molecule has 9 nitrogen and oxygen atoms in total. The fraction of sp³-hybridized carbons (Fsp3) is 0.476. The molecule has 0 bridgehead atoms. The summed E-state index contributed by atoms with van der Waals surface area (Å²) in [5, 5.41) is 6.35. The molecule has 176 valence electrons. The number of likely N-dealkylation sites (N-methyl/N-ethyl adjacent to an activating group) is 1. The van der Waals surface area contributed by atoms with Gasteiger partial charge in [-0.2, -0.15) is 18.2 Å². The number of fused-ring (bicyclic) bond motifs is 1. The lowest BCUT2D eigenvalue weighted by Gasteiger charge is -2.33. The molecule has 3 aromatic rings. The number of halogens is 3. The maximum atomic E-state index is 12.9. The first-order chi connectivity index (χ1) is 15.6. The molecule has 33 heavy (non-hydrogen) atoms. The van der Waals surface area contributed by atoms with Crippen LogP contribution in [-0.2, 0) is 17.4 Å². The van der Waals surface area contributed by atoms with Crippen LogP contribution in [0.5, 0.6) is 0 Å². The molecule has 0 unspecified atom stereocenters. The summed E-state index contributed by atoms with van der Waals surface area (Å²) in [5.41, 5.74) is 2.25. The Bertz CT molecular complexity index is 1150. The van der Waals surface area contributed by atoms with Crippen molar-refractivity contribution in [3.05, 3.63) is 41.1 Å². The zero-order valence-corrected chi connectivity index (χ0v) is 18.6. The van der Waals surface area contributed by atoms with Crippen LogP contribution in [0.3, 0.4) is 0 Å². The van der Waals surface area contributed by atoms with E-state index in [0.717, 1.165) is 36.5 Å². The normalized spacial score (nSPS) is 15.3. The molecule has 0 radical (unpaired) electrons. The highest BCUT2D eigenvalue weighted by Gasteiger charge is 2.37. The molecule has 1 saturated heterocycles. The number of rotatable bonds is 5. The molecule has 1 amide bonds. The molecule has 0 spiro atoms. The molecule has 1 aliphatic heterocycles. The van der Waals surface area contributed by atoms with Gasteiger partial charge in [0.2, 0.25) is 5.91 Å². The lowest BCUT2D eigenvalue weighted by molar-refractivity contribution is -0.144. The summed E-state index contributed by atoms with van der Waals surface area (Å²) in [6.45, 7) is 7.09. The summed E-state index contributed by atoms with van der Waals surface area (Å²) < 4.78 is 39.9. The van der Waals surface area contributed by atoms with E-state index in [4.69, 9.17) is 0 Å². The van der Waals surface area contributed by atoms with Crippen molar-refractivity contribution in [3.63, 3.8) is 0 Å². The van der Waals surface area contributed by atoms with E-state index in [1.807, 2.05) is 12.1 Å². The van der Waals surface area contributed by atoms with Crippen molar-refractivity contribution < 1.29 is 18.0 Å². The SMILES string of the molecule is Cc1nc2nc(C(F)(F)F)nn2c(C)c1CCC(=O)Nc1ccc(N2CCN(C)CC2)nc1. The van der Waals surface area contributed by atoms with Gasteiger partial charge >= 0.3 is 6.18 Å². The van der Waals surface area contributed by atoms with Crippen molar-refractivity contribution >= 4 is 23.2 Å². The summed E-state index contributed by atoms with van der Waals surface area (Å²) in [4.78, 5) is 29.0. The monoisotopic (exact) mass is 462 g/mol. The first-order valence-electron chi connectivity index (χ1n) is 10.6. The average molecular weight is 462 g/mol. The predicted octanol–water partition coefficient (Wildman–Crippen LogP) is 2.48. The Hall–Kier alpha value is -3.28. The Morgan fingerprint density at radius 3 is 2.48 bits per heavy atom. The van der Waals surface area contributed by atoms with Crippen molar-refractivity contribution in [1.29, 1.82) is 0 Å². The Balaban J connectivity index is 1.39. The average Bonchev–Trinajstić information content (AvgIpc) is 3.19. The highest BCUT2D eigenvalue weighted by atomic mass is 19.4. The highest BCUT2D eigenvalue weighted by molar-refractivity contribution is 5.90. The molecule has 12 heteroatoms. The number of aryl methyl sites for hydroxylation is 2. The smallest absolute Gasteiger partial charge is 0.354 e. The number of hydrogen-bond donors (Lipinski definition) is 1. The van der Waals surface area contributed by atoms with Gasteiger partial charge in [-0.25, -0.2) is 14.5 Å². The van der Waals surface area contributed by atoms with E-state index in [1.54, 1.807) is 20.0 Å². The van der Waals surface area contributed by atoms with Gasteiger partial charge in [-0.15, -0.1) is 5.10 Å². The van der Waals surface area contributed by atoms with Crippen LogP contribution in [0.1, 0.15) is 29.2 Å². The molecular formula is C21H25F3N8O. The second-order valence-corrected chi connectivity index (χ2v) is 8.15. The minimum atomic E-state index is -4.65. The van der Waals surface area contributed by atoms with Gasteiger partial charge in [0.15, 0.2) is 0 Å². The summed E-state index contributed by atoms with van der Waals surface area (Å²) in [6.07, 6.45) is -2.58. The third-order valence-electron chi connectivity index (χ3n) is 5.76. The maximum Gasteiger partial charge on any atom is 0.453 e. The third-order valence-corrected chi connectivity index (χ3v) is 5.76. The van der Waals surface area contributed by atoms with E-state index in [-0.39, 0.29) is 18.1 Å². The number of anilines is 2. The van der Waals surface area contributed by atoms with E-state index in [9.17, 15) is 18.0 Å². The molecule has 4 heterocycles. The van der Waals surface area contributed by atoms with Crippen LogP contribution in [0.25, 0.3) is 5.78 Å². The maximum absolute atomic E-state index is 12.9. The van der Waals surface area contributed by atoms with Gasteiger partial charge in [-0.1, -0.05) is 0 Å². The van der Waals surface area contributed by atoms with Crippen LogP contribution in [-0.4, -0.2) is 68.6 Å². The zero-order valence-electron chi connectivity index (χ0n) is 18.6. The summed E-state index contributed by atoms with van der Waals surface area (Å²) in [5.74, 6) is -0.702. The van der Waals surface area contributed by atoms with Crippen molar-refractivity contribution in [1.82, 2.24) is 29.5 Å². The number of amides is 1. The number of carbonyl (C=O) groups excluding carboxylic acids is 1. The summed E-state index contributed by atoms with van der Waals surface area (Å²) in [6, 6.07) is 3.70. The van der Waals surface area contributed by atoms with Crippen LogP contribution in [0.15, 0.2) is 18.3 Å². The lowest BCUT2D eigenvalue weighted by atomic mass is 10.1. The number of nitrogens with one attached hydrogen (secondary N) is 1. The fourth-order valence-electron chi connectivity index (χ4n) is 3.83. The Morgan fingerprint density at radius 2 is 1.85 bits per heavy atom. The number of aromatic nitrogens is 5. The van der Waals surface area contributed by atoms with Crippen LogP contribution >= 0.6 is 0 Å². The minimum Gasteiger partial charge on any atom is -0.354 e. The van der Waals surface area contributed by atoms with Gasteiger partial charge in [-0.05, 0) is 45.0 Å². The molecule has 1 fully saturated rings. The topological polar surface area (TPSA) is 91.5 Å². The number of alkyl halides is 3. The molecular weight excluding hydrogens is 437 g/mol. The minimum absolute atomic E-state index is 0.114. The number of hydrogen-bond acceptors (Lipinski definition) is 7. The van der Waals surface area contributed by atoms with E-state index in [0.29, 0.717) is 29.1 Å². The van der Waals surface area contributed by atoms with Gasteiger partial charge in [0.05, 0.1) is 11.9 Å². The van der Waals surface area contributed by atoms with E-state index in [1.165, 1.54) is 0 Å². The van der Waals surface area contributed by atoms with Crippen LogP contribution < -0.4 is 10.2 Å². The molecule has 0 aromatic carbocycles. The zero-order chi connectivity index (χ0) is 23.8. The van der Waals surface area contributed by atoms with Crippen molar-refractivity contribution in [3.8, 4) is 0 Å². The van der Waals surface area contributed by atoms with Gasteiger partial charge in [0, 0.05) is 44.0 Å². The molecule has 3 aromatic heterocycles. The Kier molecular flexibility index (Phi) is 6.19. The molecule has 1 N–H and O–H groups in total. The van der Waals surface area contributed by atoms with E-state index in [2.05, 4.69) is 42.2 Å². The molecule has 0 atom stereocenters. The predicted molar refractivity (Wildman–Crippen MR) is 116 cm³/mol. The van der Waals surface area contributed by atoms with Crippen LogP contribution in [0.2, 0.25) is 0 Å². The first-order valence-corrected chi connectivity index (χ1v) is 10.6. The highest BCUT2D eigenvalue weighted by Crippen LogP contribution is 2.27. The van der Waals surface area contributed by atoms with Gasteiger partial charge < -0.3 is 15.1 Å². The standard InChI is InChI=1S/C21H25F3N8O/c1-13-16(14(2)32-20(26-13)28-19(29-32)21(22,23)24)5-7-18(33)27-15-4-6-17(25-12-15)31-10-8-30(3)9-11-31/h4,6,12H,5,7-11H2,1-3H3,(H,27,33). The van der Waals surface area contributed by atoms with Gasteiger partial charge in [0.1, 0.15) is 5.82 Å². The second kappa shape index (κ2) is 8.93. The van der Waals surface area contributed by atoms with E-state index >= 15 is 0 Å². The number of carbonyl (C=O) groups is 1. The second-order valence-electron chi connectivity index (χ2n) is 8.15. The molecule has 0 aliphatic carbocycles. The van der Waals surface area contributed by atoms with Crippen molar-refractivity contribution in [2.45, 2.75) is 32.9 Å². The number of nitrogens with zero attached hydrogens (tertiary/aromatic N) is 7. The summed E-state index contributed by atoms with van der Waals surface area (Å²) >= 11 is 0. The van der Waals surface area contributed by atoms with Crippen LogP contribution in [0.4, 0.5) is 24.7 Å². The molecule has 4 rings (SSSR count). The summed E-state index contributed by atoms with van der Waals surface area (Å²) in [7, 11) is 2.09. The third kappa shape index (κ3) is 5.05. The Morgan fingerprint density at radius 1 is 1.12 bits per heavy atom. The van der Waals surface area contributed by atoms with Crippen molar-refractivity contribution in [2.24, 2.45) is 0 Å². The fourth-order valence-corrected chi connectivity index (χ4v) is 3.83. The lowest BCUT2D eigenvalue weighted by Crippen LogP contribution is -2.44. The Labute approximate surface area is 188 Å². The number of piperazine rings is 1. The van der Waals surface area contributed by atoms with Crippen molar-refractivity contribution in [2.75, 3.05) is 43.4 Å². The van der Waals surface area contributed by atoms with E-state index < -0.39 is 12.0 Å². The van der Waals surface area contributed by atoms with Gasteiger partial charge in [-0.3, -0.25) is 4.79 Å². The molecule has 1 aliphatic rings. The van der Waals surface area contributed by atoms with Crippen LogP contribution in [0, 0.1) is 13.8 Å².